The minimum absolute atomic E-state index is 0.250. The number of aromatic nitrogens is 3. The predicted octanol–water partition coefficient (Wildman–Crippen LogP) is 2.40. The molecule has 1 amide bonds. The molecule has 9 heteroatoms. The third-order valence-corrected chi connectivity index (χ3v) is 4.90. The van der Waals surface area contributed by atoms with Gasteiger partial charge in [0.2, 0.25) is 6.41 Å². The molecule has 0 spiro atoms. The zero-order chi connectivity index (χ0) is 18.7. The number of fused-ring (bicyclic) bond motifs is 1. The van der Waals surface area contributed by atoms with Crippen LogP contribution in [0.25, 0.3) is 16.6 Å². The molecule has 3 N–H and O–H groups in total. The van der Waals surface area contributed by atoms with Gasteiger partial charge in [-0.05, 0) is 18.6 Å². The Labute approximate surface area is 160 Å². The first-order valence-electron chi connectivity index (χ1n) is 7.90. The van der Waals surface area contributed by atoms with Crippen molar-refractivity contribution in [1.29, 1.82) is 0 Å². The Morgan fingerprint density at radius 3 is 2.73 bits per heavy atom. The molecule has 3 heterocycles. The van der Waals surface area contributed by atoms with Gasteiger partial charge < -0.3 is 20.3 Å². The first-order chi connectivity index (χ1) is 12.5. The van der Waals surface area contributed by atoms with Gasteiger partial charge in [0.1, 0.15) is 5.82 Å². The number of imidazole rings is 1. The van der Waals surface area contributed by atoms with E-state index in [1.54, 1.807) is 18.6 Å². The van der Waals surface area contributed by atoms with Crippen LogP contribution in [0.3, 0.4) is 0 Å². The molecule has 0 saturated carbocycles. The number of nitrogens with two attached hydrogens (primary N) is 1. The van der Waals surface area contributed by atoms with Crippen LogP contribution < -0.4 is 10.6 Å². The van der Waals surface area contributed by atoms with Gasteiger partial charge in [0.05, 0.1) is 33.7 Å². The fourth-order valence-corrected chi connectivity index (χ4v) is 3.29. The van der Waals surface area contributed by atoms with Crippen LogP contribution in [0.15, 0.2) is 36.9 Å². The highest BCUT2D eigenvalue weighted by atomic mass is 35.5. The number of aliphatic hydroxyl groups is 1. The molecule has 3 aromatic rings. The smallest absolute Gasteiger partial charge is 0.204 e. The van der Waals surface area contributed by atoms with Crippen LogP contribution in [-0.2, 0) is 4.79 Å². The van der Waals surface area contributed by atoms with Crippen molar-refractivity contribution in [3.05, 3.63) is 47.0 Å². The van der Waals surface area contributed by atoms with Crippen LogP contribution >= 0.6 is 23.2 Å². The van der Waals surface area contributed by atoms with Crippen molar-refractivity contribution >= 4 is 46.3 Å². The molecule has 0 radical (unpaired) electrons. The van der Waals surface area contributed by atoms with E-state index < -0.39 is 0 Å². The van der Waals surface area contributed by atoms with Crippen molar-refractivity contribution in [2.24, 2.45) is 5.73 Å². The van der Waals surface area contributed by atoms with E-state index in [4.69, 9.17) is 28.0 Å². The van der Waals surface area contributed by atoms with Gasteiger partial charge in [-0.3, -0.25) is 4.79 Å². The normalized spacial score (nSPS) is 16.4. The van der Waals surface area contributed by atoms with E-state index in [0.29, 0.717) is 22.1 Å². The number of β-amino-alcohol motifs (C(OH)–C–C–N with tert-alkyl or cyclic N) is 1. The van der Waals surface area contributed by atoms with Crippen molar-refractivity contribution < 1.29 is 9.90 Å². The van der Waals surface area contributed by atoms with E-state index in [1.165, 1.54) is 0 Å². The number of nitrogens with zero attached hydrogens (tertiary/aromatic N) is 4. The highest BCUT2D eigenvalue weighted by Gasteiger charge is 2.23. The summed E-state index contributed by atoms with van der Waals surface area (Å²) in [5.74, 6) is 0.780. The highest BCUT2D eigenvalue weighted by Crippen LogP contribution is 2.35. The second-order valence-corrected chi connectivity index (χ2v) is 6.54. The summed E-state index contributed by atoms with van der Waals surface area (Å²) >= 11 is 12.5. The van der Waals surface area contributed by atoms with Crippen LogP contribution in [0, 0.1) is 0 Å². The standard InChI is InChI=1S/C16H14Cl2N4O.CH3NO/c17-12-2-1-11-13(22-6-4-19-9-22)7-14(20-16(11)15(12)18)21-5-3-10(23)8-21;2-1-3/h1-2,4,6-7,9-10,23H,3,5,8H2;1H,(H2,2,3). The Hall–Kier alpha value is -2.35. The first-order valence-corrected chi connectivity index (χ1v) is 8.66. The van der Waals surface area contributed by atoms with Crippen molar-refractivity contribution in [2.75, 3.05) is 18.0 Å². The molecule has 1 saturated heterocycles. The molecule has 1 aliphatic rings. The molecule has 4 rings (SSSR count). The van der Waals surface area contributed by atoms with E-state index >= 15 is 0 Å². The summed E-state index contributed by atoms with van der Waals surface area (Å²) in [6.07, 6.45) is 6.01. The van der Waals surface area contributed by atoms with Crippen molar-refractivity contribution in [1.82, 2.24) is 14.5 Å². The molecule has 7 nitrogen and oxygen atoms in total. The summed E-state index contributed by atoms with van der Waals surface area (Å²) < 4.78 is 1.92. The van der Waals surface area contributed by atoms with Gasteiger partial charge in [-0.25, -0.2) is 9.97 Å². The number of carbonyl (C=O) groups excluding carboxylic acids is 1. The number of anilines is 1. The lowest BCUT2D eigenvalue weighted by Crippen LogP contribution is -2.22. The SMILES string of the molecule is NC=O.OC1CCN(c2cc(-n3ccnc3)c3ccc(Cl)c(Cl)c3n2)C1. The lowest BCUT2D eigenvalue weighted by molar-refractivity contribution is -0.106. The number of carbonyl (C=O) groups is 1. The summed E-state index contributed by atoms with van der Waals surface area (Å²) in [5.41, 5.74) is 5.75. The number of benzene rings is 1. The molecule has 1 atom stereocenters. The molecule has 1 aromatic carbocycles. The Bertz CT molecular complexity index is 917. The number of hydrogen-bond acceptors (Lipinski definition) is 5. The molecule has 1 fully saturated rings. The van der Waals surface area contributed by atoms with Crippen LogP contribution in [0.4, 0.5) is 5.82 Å². The predicted molar refractivity (Wildman–Crippen MR) is 102 cm³/mol. The number of aliphatic hydroxyl groups excluding tert-OH is 1. The topological polar surface area (TPSA) is 97.3 Å². The van der Waals surface area contributed by atoms with E-state index in [-0.39, 0.29) is 12.5 Å². The molecule has 26 heavy (non-hydrogen) atoms. The second-order valence-electron chi connectivity index (χ2n) is 5.75. The van der Waals surface area contributed by atoms with Crippen LogP contribution in [0.1, 0.15) is 6.42 Å². The Kier molecular flexibility index (Phi) is 5.61. The molecular formula is C17H17Cl2N5O2. The molecule has 0 bridgehead atoms. The van der Waals surface area contributed by atoms with Crippen molar-refractivity contribution in [3.63, 3.8) is 0 Å². The largest absolute Gasteiger partial charge is 0.391 e. The summed E-state index contributed by atoms with van der Waals surface area (Å²) in [7, 11) is 0. The van der Waals surface area contributed by atoms with Crippen molar-refractivity contribution in [2.45, 2.75) is 12.5 Å². The van der Waals surface area contributed by atoms with Crippen LogP contribution in [0.5, 0.6) is 0 Å². The van der Waals surface area contributed by atoms with E-state index in [9.17, 15) is 5.11 Å². The molecule has 2 aromatic heterocycles. The maximum absolute atomic E-state index is 9.79. The Balaban J connectivity index is 0.000000613. The molecule has 1 aliphatic heterocycles. The minimum Gasteiger partial charge on any atom is -0.391 e. The zero-order valence-electron chi connectivity index (χ0n) is 13.7. The zero-order valence-corrected chi connectivity index (χ0v) is 15.2. The van der Waals surface area contributed by atoms with Crippen molar-refractivity contribution in [3.8, 4) is 5.69 Å². The third-order valence-electron chi connectivity index (χ3n) is 4.11. The van der Waals surface area contributed by atoms with E-state index in [1.807, 2.05) is 22.9 Å². The summed E-state index contributed by atoms with van der Waals surface area (Å²) in [6.45, 7) is 1.33. The highest BCUT2D eigenvalue weighted by molar-refractivity contribution is 6.45. The summed E-state index contributed by atoms with van der Waals surface area (Å²) in [6, 6.07) is 5.67. The summed E-state index contributed by atoms with van der Waals surface area (Å²) in [5, 5.41) is 11.6. The van der Waals surface area contributed by atoms with Crippen LogP contribution in [0.2, 0.25) is 10.0 Å². The van der Waals surface area contributed by atoms with Gasteiger partial charge in [-0.15, -0.1) is 0 Å². The monoisotopic (exact) mass is 393 g/mol. The molecule has 0 aliphatic carbocycles. The van der Waals surface area contributed by atoms with Gasteiger partial charge in [0, 0.05) is 36.9 Å². The van der Waals surface area contributed by atoms with E-state index in [0.717, 1.165) is 29.9 Å². The quantitative estimate of drug-likeness (QED) is 0.651. The Morgan fingerprint density at radius 2 is 2.12 bits per heavy atom. The number of pyridine rings is 1. The number of primary amides is 1. The molecular weight excluding hydrogens is 377 g/mol. The number of hydrogen-bond donors (Lipinski definition) is 2. The maximum Gasteiger partial charge on any atom is 0.204 e. The first kappa shape index (κ1) is 18.4. The number of amides is 1. The average molecular weight is 394 g/mol. The fraction of sp³-hybridized carbons (Fsp3) is 0.235. The van der Waals surface area contributed by atoms with Gasteiger partial charge >= 0.3 is 0 Å². The maximum atomic E-state index is 9.79. The van der Waals surface area contributed by atoms with E-state index in [2.05, 4.69) is 20.6 Å². The fourth-order valence-electron chi connectivity index (χ4n) is 2.93. The number of halogens is 2. The van der Waals surface area contributed by atoms with Gasteiger partial charge in [0.15, 0.2) is 0 Å². The van der Waals surface area contributed by atoms with Crippen LogP contribution in [-0.4, -0.2) is 45.2 Å². The van der Waals surface area contributed by atoms with Gasteiger partial charge in [0.25, 0.3) is 0 Å². The minimum atomic E-state index is -0.320. The van der Waals surface area contributed by atoms with Gasteiger partial charge in [-0.2, -0.15) is 0 Å². The Morgan fingerprint density at radius 1 is 1.35 bits per heavy atom. The second kappa shape index (κ2) is 7.90. The third kappa shape index (κ3) is 3.60. The lowest BCUT2D eigenvalue weighted by atomic mass is 10.1. The average Bonchev–Trinajstić information content (AvgIpc) is 3.30. The summed E-state index contributed by atoms with van der Waals surface area (Å²) in [4.78, 5) is 19.4. The molecule has 136 valence electrons. The lowest BCUT2D eigenvalue weighted by Gasteiger charge is -2.19. The number of rotatable bonds is 2. The molecule has 1 unspecified atom stereocenters. The van der Waals surface area contributed by atoms with Gasteiger partial charge in [-0.1, -0.05) is 23.2 Å².